The molecule has 0 aromatic carbocycles. The Kier molecular flexibility index (Phi) is 13.6. The van der Waals surface area contributed by atoms with Gasteiger partial charge in [0.25, 0.3) is 0 Å². The fourth-order valence-electron chi connectivity index (χ4n) is 2.56. The molecule has 25 heavy (non-hydrogen) atoms. The minimum Gasteiger partial charge on any atom is -0.481 e. The minimum atomic E-state index is -0.821. The summed E-state index contributed by atoms with van der Waals surface area (Å²) in [7, 11) is 0. The SMILES string of the molecule is CCCCC[C@H](O)/C=C/[C@@H](C=O)[C@@H](C/C=C\CCCC(=O)O)C(C)=O. The van der Waals surface area contributed by atoms with Gasteiger partial charge in [0.15, 0.2) is 0 Å². The first kappa shape index (κ1) is 23.2. The Morgan fingerprint density at radius 1 is 1.08 bits per heavy atom. The van der Waals surface area contributed by atoms with E-state index in [1.165, 1.54) is 6.92 Å². The topological polar surface area (TPSA) is 91.7 Å². The number of rotatable bonds is 15. The third kappa shape index (κ3) is 12.3. The first-order valence-corrected chi connectivity index (χ1v) is 9.11. The van der Waals surface area contributed by atoms with Gasteiger partial charge in [0.2, 0.25) is 0 Å². The molecule has 0 rings (SSSR count). The monoisotopic (exact) mass is 352 g/mol. The van der Waals surface area contributed by atoms with Gasteiger partial charge in [-0.05, 0) is 32.6 Å². The molecule has 0 aliphatic rings. The average molecular weight is 352 g/mol. The standard InChI is InChI=1S/C20H32O5/c1-3-4-7-10-18(23)14-13-17(15-21)19(16(2)22)11-8-5-6-9-12-20(24)25/h5,8,13-15,17-19,23H,3-4,6-7,9-12H2,1-2H3,(H,24,25)/b8-5-,14-13+/t17-,18-,19-/m0/s1. The van der Waals surface area contributed by atoms with E-state index in [-0.39, 0.29) is 12.2 Å². The number of aldehydes is 1. The van der Waals surface area contributed by atoms with E-state index in [2.05, 4.69) is 6.92 Å². The van der Waals surface area contributed by atoms with Crippen LogP contribution in [0.25, 0.3) is 0 Å². The molecule has 0 saturated carbocycles. The molecule has 3 atom stereocenters. The molecule has 0 unspecified atom stereocenters. The van der Waals surface area contributed by atoms with Gasteiger partial charge in [-0.3, -0.25) is 9.59 Å². The van der Waals surface area contributed by atoms with Crippen LogP contribution in [0, 0.1) is 11.8 Å². The van der Waals surface area contributed by atoms with Gasteiger partial charge >= 0.3 is 5.97 Å². The van der Waals surface area contributed by atoms with Crippen molar-refractivity contribution in [3.8, 4) is 0 Å². The summed E-state index contributed by atoms with van der Waals surface area (Å²) in [6.07, 6.45) is 12.6. The molecule has 0 saturated heterocycles. The number of allylic oxidation sites excluding steroid dienone is 3. The summed E-state index contributed by atoms with van der Waals surface area (Å²) < 4.78 is 0. The lowest BCUT2D eigenvalue weighted by Crippen LogP contribution is -2.21. The Hall–Kier alpha value is -1.75. The van der Waals surface area contributed by atoms with Crippen LogP contribution in [0.4, 0.5) is 0 Å². The number of hydrogen-bond donors (Lipinski definition) is 2. The highest BCUT2D eigenvalue weighted by Gasteiger charge is 2.22. The molecule has 0 spiro atoms. The Labute approximate surface area is 150 Å². The van der Waals surface area contributed by atoms with Gasteiger partial charge in [-0.1, -0.05) is 50.5 Å². The largest absolute Gasteiger partial charge is 0.481 e. The summed E-state index contributed by atoms with van der Waals surface area (Å²) in [5, 5.41) is 18.5. The molecule has 142 valence electrons. The van der Waals surface area contributed by atoms with Crippen LogP contribution in [0.5, 0.6) is 0 Å². The number of hydrogen-bond acceptors (Lipinski definition) is 4. The zero-order valence-electron chi connectivity index (χ0n) is 15.4. The summed E-state index contributed by atoms with van der Waals surface area (Å²) in [5.41, 5.74) is 0. The minimum absolute atomic E-state index is 0.0718. The van der Waals surface area contributed by atoms with Crippen LogP contribution < -0.4 is 0 Å². The average Bonchev–Trinajstić information content (AvgIpc) is 2.55. The zero-order chi connectivity index (χ0) is 19.1. The lowest BCUT2D eigenvalue weighted by molar-refractivity contribution is -0.137. The molecule has 5 heteroatoms. The first-order valence-electron chi connectivity index (χ1n) is 9.11. The second-order valence-corrected chi connectivity index (χ2v) is 6.37. The fourth-order valence-corrected chi connectivity index (χ4v) is 2.56. The maximum atomic E-state index is 11.8. The predicted octanol–water partition coefficient (Wildman–Crippen LogP) is 3.71. The summed E-state index contributed by atoms with van der Waals surface area (Å²) in [6, 6.07) is 0. The van der Waals surface area contributed by atoms with Gasteiger partial charge in [-0.15, -0.1) is 0 Å². The number of carbonyl (C=O) groups is 3. The van der Waals surface area contributed by atoms with Crippen molar-refractivity contribution in [1.29, 1.82) is 0 Å². The molecule has 0 aromatic rings. The second kappa shape index (κ2) is 14.6. The molecule has 2 N–H and O–H groups in total. The van der Waals surface area contributed by atoms with Crippen molar-refractivity contribution in [2.45, 2.75) is 71.3 Å². The zero-order valence-corrected chi connectivity index (χ0v) is 15.4. The van der Waals surface area contributed by atoms with Crippen LogP contribution in [0.2, 0.25) is 0 Å². The van der Waals surface area contributed by atoms with Gasteiger partial charge < -0.3 is 15.0 Å². The highest BCUT2D eigenvalue weighted by molar-refractivity contribution is 5.82. The normalized spacial score (nSPS) is 15.3. The quantitative estimate of drug-likeness (QED) is 0.266. The maximum absolute atomic E-state index is 11.8. The van der Waals surface area contributed by atoms with Gasteiger partial charge in [0, 0.05) is 18.3 Å². The van der Waals surface area contributed by atoms with E-state index in [0.29, 0.717) is 25.7 Å². The van der Waals surface area contributed by atoms with Crippen molar-refractivity contribution in [3.05, 3.63) is 24.3 Å². The van der Waals surface area contributed by atoms with E-state index in [1.54, 1.807) is 12.2 Å². The number of aliphatic carboxylic acids is 1. The summed E-state index contributed by atoms with van der Waals surface area (Å²) >= 11 is 0. The molecular weight excluding hydrogens is 320 g/mol. The summed E-state index contributed by atoms with van der Waals surface area (Å²) in [5.74, 6) is -1.90. The van der Waals surface area contributed by atoms with Gasteiger partial charge in [0.05, 0.1) is 6.10 Å². The van der Waals surface area contributed by atoms with Crippen molar-refractivity contribution in [2.75, 3.05) is 0 Å². The van der Waals surface area contributed by atoms with Crippen molar-refractivity contribution < 1.29 is 24.6 Å². The summed E-state index contributed by atoms with van der Waals surface area (Å²) in [6.45, 7) is 3.56. The molecule has 0 fully saturated rings. The highest BCUT2D eigenvalue weighted by atomic mass is 16.4. The molecule has 0 aromatic heterocycles. The van der Waals surface area contributed by atoms with Crippen LogP contribution in [0.1, 0.15) is 65.2 Å². The van der Waals surface area contributed by atoms with Gasteiger partial charge in [-0.25, -0.2) is 0 Å². The first-order chi connectivity index (χ1) is 11.9. The van der Waals surface area contributed by atoms with Crippen LogP contribution in [-0.4, -0.2) is 34.4 Å². The Morgan fingerprint density at radius 3 is 2.36 bits per heavy atom. The number of aliphatic hydroxyl groups is 1. The van der Waals surface area contributed by atoms with Crippen molar-refractivity contribution in [1.82, 2.24) is 0 Å². The predicted molar refractivity (Wildman–Crippen MR) is 98.3 cm³/mol. The van der Waals surface area contributed by atoms with Crippen molar-refractivity contribution >= 4 is 18.0 Å². The van der Waals surface area contributed by atoms with Gasteiger partial charge in [-0.2, -0.15) is 0 Å². The molecule has 0 aliphatic carbocycles. The molecule has 0 amide bonds. The Morgan fingerprint density at radius 2 is 1.80 bits per heavy atom. The fraction of sp³-hybridized carbons (Fsp3) is 0.650. The number of carboxylic acids is 1. The van der Waals surface area contributed by atoms with Crippen LogP contribution in [-0.2, 0) is 14.4 Å². The number of Topliss-reactive ketones (excluding diaryl/α,β-unsaturated/α-hetero) is 1. The second-order valence-electron chi connectivity index (χ2n) is 6.37. The van der Waals surface area contributed by atoms with Gasteiger partial charge in [0.1, 0.15) is 12.1 Å². The third-order valence-corrected chi connectivity index (χ3v) is 4.12. The van der Waals surface area contributed by atoms with Crippen molar-refractivity contribution in [2.24, 2.45) is 11.8 Å². The smallest absolute Gasteiger partial charge is 0.303 e. The van der Waals surface area contributed by atoms with E-state index in [9.17, 15) is 19.5 Å². The van der Waals surface area contributed by atoms with Crippen LogP contribution >= 0.6 is 0 Å². The third-order valence-electron chi connectivity index (χ3n) is 4.12. The number of ketones is 1. The summed E-state index contributed by atoms with van der Waals surface area (Å²) in [4.78, 5) is 33.6. The van der Waals surface area contributed by atoms with Crippen molar-refractivity contribution in [3.63, 3.8) is 0 Å². The lowest BCUT2D eigenvalue weighted by atomic mass is 9.86. The maximum Gasteiger partial charge on any atom is 0.303 e. The molecule has 0 radical (unpaired) electrons. The number of unbranched alkanes of at least 4 members (excludes halogenated alkanes) is 3. The van der Waals surface area contributed by atoms with E-state index in [4.69, 9.17) is 5.11 Å². The number of aliphatic hydroxyl groups excluding tert-OH is 1. The van der Waals surface area contributed by atoms with E-state index < -0.39 is 23.9 Å². The van der Waals surface area contributed by atoms with Crippen LogP contribution in [0.3, 0.4) is 0 Å². The van der Waals surface area contributed by atoms with Crippen LogP contribution in [0.15, 0.2) is 24.3 Å². The highest BCUT2D eigenvalue weighted by Crippen LogP contribution is 2.19. The number of carboxylic acid groups (broad SMARTS) is 1. The molecular formula is C20H32O5. The Balaban J connectivity index is 4.53. The molecule has 0 aliphatic heterocycles. The lowest BCUT2D eigenvalue weighted by Gasteiger charge is -2.16. The van der Waals surface area contributed by atoms with E-state index in [1.807, 2.05) is 12.2 Å². The molecule has 5 nitrogen and oxygen atoms in total. The molecule has 0 heterocycles. The van der Waals surface area contributed by atoms with E-state index >= 15 is 0 Å². The molecule has 0 bridgehead atoms. The Bertz CT molecular complexity index is 453. The number of carbonyl (C=O) groups excluding carboxylic acids is 2. The van der Waals surface area contributed by atoms with E-state index in [0.717, 1.165) is 25.5 Å².